The summed E-state index contributed by atoms with van der Waals surface area (Å²) in [5, 5.41) is 18.8. The van der Waals surface area contributed by atoms with E-state index < -0.39 is 11.6 Å². The molecular formula is C16H15F3O2. The molecule has 2 aromatic carbocycles. The van der Waals surface area contributed by atoms with Crippen LogP contribution in [0.1, 0.15) is 23.6 Å². The number of benzene rings is 2. The molecule has 112 valence electrons. The van der Waals surface area contributed by atoms with Crippen molar-refractivity contribution in [2.45, 2.75) is 25.4 Å². The van der Waals surface area contributed by atoms with Crippen molar-refractivity contribution in [2.24, 2.45) is 0 Å². The van der Waals surface area contributed by atoms with Gasteiger partial charge in [0.1, 0.15) is 16.9 Å². The van der Waals surface area contributed by atoms with Crippen molar-refractivity contribution >= 4 is 0 Å². The number of aryl methyl sites for hydroxylation is 1. The molecule has 0 aliphatic carbocycles. The molecule has 2 rings (SSSR count). The molecule has 1 unspecified atom stereocenters. The molecule has 2 aromatic rings. The highest BCUT2D eigenvalue weighted by Gasteiger charge is 2.53. The molecule has 0 radical (unpaired) electrons. The highest BCUT2D eigenvalue weighted by atomic mass is 19.4. The molecule has 0 saturated carbocycles. The topological polar surface area (TPSA) is 40.5 Å². The van der Waals surface area contributed by atoms with Gasteiger partial charge in [0.2, 0.25) is 0 Å². The molecule has 5 heteroatoms. The zero-order valence-electron chi connectivity index (χ0n) is 11.6. The highest BCUT2D eigenvalue weighted by molar-refractivity contribution is 5.46. The summed E-state index contributed by atoms with van der Waals surface area (Å²) in [6, 6.07) is 8.82. The first-order valence-corrected chi connectivity index (χ1v) is 6.32. The van der Waals surface area contributed by atoms with E-state index >= 15 is 0 Å². The van der Waals surface area contributed by atoms with Gasteiger partial charge in [-0.25, -0.2) is 0 Å². The van der Waals surface area contributed by atoms with E-state index in [9.17, 15) is 23.4 Å². The maximum Gasteiger partial charge on any atom is 0.402 e. The van der Waals surface area contributed by atoms with Crippen molar-refractivity contribution in [1.29, 1.82) is 0 Å². The first kappa shape index (κ1) is 15.2. The lowest BCUT2D eigenvalue weighted by molar-refractivity contribution is -0.173. The lowest BCUT2D eigenvalue weighted by Crippen LogP contribution is -2.40. The highest BCUT2D eigenvalue weighted by Crippen LogP contribution is 2.46. The van der Waals surface area contributed by atoms with Crippen LogP contribution < -0.4 is 0 Å². The largest absolute Gasteiger partial charge is 0.508 e. The predicted octanol–water partition coefficient (Wildman–Crippen LogP) is 4.27. The molecule has 2 nitrogen and oxygen atoms in total. The Labute approximate surface area is 120 Å². The molecule has 0 spiro atoms. The van der Waals surface area contributed by atoms with Gasteiger partial charge in [0.25, 0.3) is 0 Å². The number of rotatable bonds is 2. The SMILES string of the molecule is Cc1cc(C(C)(c2ccc(O)cc2)C(F)(F)F)ccc1O. The normalized spacial score (nSPS) is 14.7. The fourth-order valence-electron chi connectivity index (χ4n) is 2.26. The lowest BCUT2D eigenvalue weighted by Gasteiger charge is -2.33. The quantitative estimate of drug-likeness (QED) is 0.868. The number of phenols is 2. The monoisotopic (exact) mass is 296 g/mol. The third-order valence-corrected chi connectivity index (χ3v) is 3.79. The van der Waals surface area contributed by atoms with Gasteiger partial charge < -0.3 is 10.2 Å². The van der Waals surface area contributed by atoms with Crippen LogP contribution in [0.2, 0.25) is 0 Å². The first-order chi connectivity index (χ1) is 9.66. The van der Waals surface area contributed by atoms with Crippen molar-refractivity contribution in [2.75, 3.05) is 0 Å². The molecule has 2 N–H and O–H groups in total. The Morgan fingerprint density at radius 1 is 0.857 bits per heavy atom. The zero-order valence-corrected chi connectivity index (χ0v) is 11.6. The van der Waals surface area contributed by atoms with E-state index in [1.165, 1.54) is 42.5 Å². The van der Waals surface area contributed by atoms with Crippen molar-refractivity contribution in [3.05, 3.63) is 59.2 Å². The molecule has 0 aromatic heterocycles. The summed E-state index contributed by atoms with van der Waals surface area (Å²) in [5.41, 5.74) is -1.78. The number of hydrogen-bond donors (Lipinski definition) is 2. The Morgan fingerprint density at radius 2 is 1.38 bits per heavy atom. The molecule has 0 aliphatic rings. The summed E-state index contributed by atoms with van der Waals surface area (Å²) in [5.74, 6) is -0.140. The van der Waals surface area contributed by atoms with Gasteiger partial charge in [-0.2, -0.15) is 13.2 Å². The minimum Gasteiger partial charge on any atom is -0.508 e. The maximum atomic E-state index is 13.7. The Bertz CT molecular complexity index is 648. The van der Waals surface area contributed by atoms with Crippen LogP contribution in [0, 0.1) is 6.92 Å². The molecule has 0 aliphatic heterocycles. The van der Waals surface area contributed by atoms with E-state index in [0.717, 1.165) is 6.92 Å². The Morgan fingerprint density at radius 3 is 1.86 bits per heavy atom. The van der Waals surface area contributed by atoms with Crippen LogP contribution in [-0.4, -0.2) is 16.4 Å². The second-order valence-corrected chi connectivity index (χ2v) is 5.17. The second kappa shape index (κ2) is 4.98. The minimum absolute atomic E-state index is 0.0258. The van der Waals surface area contributed by atoms with E-state index in [-0.39, 0.29) is 22.6 Å². The van der Waals surface area contributed by atoms with Gasteiger partial charge in [0.15, 0.2) is 0 Å². The molecule has 21 heavy (non-hydrogen) atoms. The summed E-state index contributed by atoms with van der Waals surface area (Å²) in [7, 11) is 0. The van der Waals surface area contributed by atoms with Crippen molar-refractivity contribution in [1.82, 2.24) is 0 Å². The molecule has 0 fully saturated rings. The van der Waals surface area contributed by atoms with Crippen LogP contribution in [0.5, 0.6) is 11.5 Å². The Hall–Kier alpha value is -2.17. The van der Waals surface area contributed by atoms with Crippen LogP contribution in [-0.2, 0) is 5.41 Å². The standard InChI is InChI=1S/C16H15F3O2/c1-10-9-12(5-8-14(10)21)15(2,16(17,18)19)11-3-6-13(20)7-4-11/h3-9,20-21H,1-2H3. The fourth-order valence-corrected chi connectivity index (χ4v) is 2.26. The van der Waals surface area contributed by atoms with Gasteiger partial charge in [-0.1, -0.05) is 24.3 Å². The molecule has 0 saturated heterocycles. The van der Waals surface area contributed by atoms with Crippen LogP contribution in [0.25, 0.3) is 0 Å². The summed E-state index contributed by atoms with van der Waals surface area (Å²) in [6.07, 6.45) is -4.52. The van der Waals surface area contributed by atoms with Crippen molar-refractivity contribution in [3.8, 4) is 11.5 Å². The molecule has 0 amide bonds. The van der Waals surface area contributed by atoms with Crippen LogP contribution in [0.15, 0.2) is 42.5 Å². The van der Waals surface area contributed by atoms with Gasteiger partial charge in [-0.15, -0.1) is 0 Å². The third-order valence-electron chi connectivity index (χ3n) is 3.79. The average Bonchev–Trinajstić information content (AvgIpc) is 2.40. The van der Waals surface area contributed by atoms with Gasteiger partial charge >= 0.3 is 6.18 Å². The van der Waals surface area contributed by atoms with Gasteiger partial charge in [-0.3, -0.25) is 0 Å². The van der Waals surface area contributed by atoms with E-state index in [0.29, 0.717) is 5.56 Å². The molecule has 0 bridgehead atoms. The van der Waals surface area contributed by atoms with Gasteiger partial charge in [0, 0.05) is 0 Å². The van der Waals surface area contributed by atoms with E-state index in [1.54, 1.807) is 6.92 Å². The van der Waals surface area contributed by atoms with Crippen molar-refractivity contribution < 1.29 is 23.4 Å². The fraction of sp³-hybridized carbons (Fsp3) is 0.250. The number of halogens is 3. The predicted molar refractivity (Wildman–Crippen MR) is 73.5 cm³/mol. The summed E-state index contributed by atoms with van der Waals surface area (Å²) in [6.45, 7) is 2.64. The average molecular weight is 296 g/mol. The second-order valence-electron chi connectivity index (χ2n) is 5.17. The summed E-state index contributed by atoms with van der Waals surface area (Å²) < 4.78 is 41.1. The number of alkyl halides is 3. The van der Waals surface area contributed by atoms with Crippen LogP contribution >= 0.6 is 0 Å². The van der Waals surface area contributed by atoms with Crippen LogP contribution in [0.4, 0.5) is 13.2 Å². The van der Waals surface area contributed by atoms with E-state index in [4.69, 9.17) is 0 Å². The van der Waals surface area contributed by atoms with E-state index in [2.05, 4.69) is 0 Å². The molecular weight excluding hydrogens is 281 g/mol. The first-order valence-electron chi connectivity index (χ1n) is 6.32. The van der Waals surface area contributed by atoms with Crippen LogP contribution in [0.3, 0.4) is 0 Å². The summed E-state index contributed by atoms with van der Waals surface area (Å²) >= 11 is 0. The van der Waals surface area contributed by atoms with E-state index in [1.807, 2.05) is 0 Å². The smallest absolute Gasteiger partial charge is 0.402 e. The molecule has 0 heterocycles. The zero-order chi connectivity index (χ0) is 15.8. The summed E-state index contributed by atoms with van der Waals surface area (Å²) in [4.78, 5) is 0. The third kappa shape index (κ3) is 2.55. The van der Waals surface area contributed by atoms with Gasteiger partial charge in [0.05, 0.1) is 0 Å². The minimum atomic E-state index is -4.52. The number of phenolic OH excluding ortho intramolecular Hbond substituents is 2. The lowest BCUT2D eigenvalue weighted by atomic mass is 9.75. The number of aromatic hydroxyl groups is 2. The van der Waals surface area contributed by atoms with Crippen molar-refractivity contribution in [3.63, 3.8) is 0 Å². The Kier molecular flexibility index (Phi) is 3.61. The van der Waals surface area contributed by atoms with Gasteiger partial charge in [-0.05, 0) is 48.7 Å². The maximum absolute atomic E-state index is 13.7. The number of hydrogen-bond acceptors (Lipinski definition) is 2. The Balaban J connectivity index is 2.67. The molecule has 1 atom stereocenters.